The van der Waals surface area contributed by atoms with E-state index in [1.54, 1.807) is 67.6 Å². The van der Waals surface area contributed by atoms with Crippen molar-refractivity contribution in [1.82, 2.24) is 4.90 Å². The summed E-state index contributed by atoms with van der Waals surface area (Å²) < 4.78 is 10.8. The summed E-state index contributed by atoms with van der Waals surface area (Å²) in [4.78, 5) is 50.7. The van der Waals surface area contributed by atoms with E-state index in [9.17, 15) is 19.2 Å². The Hall–Kier alpha value is -3.62. The number of Topliss-reactive ketones (excluding diaryl/α,β-unsaturated/α-hetero) is 1. The lowest BCUT2D eigenvalue weighted by atomic mass is 10.1. The number of imide groups is 1. The second-order valence-corrected chi connectivity index (χ2v) is 8.57. The molecule has 0 saturated carbocycles. The molecule has 34 heavy (non-hydrogen) atoms. The van der Waals surface area contributed by atoms with Crippen molar-refractivity contribution in [3.8, 4) is 11.3 Å². The van der Waals surface area contributed by atoms with Gasteiger partial charge in [0.25, 0.3) is 11.1 Å². The van der Waals surface area contributed by atoms with E-state index in [1.807, 2.05) is 0 Å². The number of ether oxygens (including phenoxy) is 1. The van der Waals surface area contributed by atoms with Crippen LogP contribution in [0.5, 0.6) is 0 Å². The zero-order valence-electron chi connectivity index (χ0n) is 17.9. The number of amides is 2. The van der Waals surface area contributed by atoms with E-state index in [0.717, 1.165) is 16.7 Å². The first-order valence-corrected chi connectivity index (χ1v) is 11.5. The van der Waals surface area contributed by atoms with Crippen LogP contribution in [0, 0.1) is 0 Å². The maximum Gasteiger partial charge on any atom is 0.339 e. The molecule has 4 rings (SSSR count). The third-order valence-electron chi connectivity index (χ3n) is 4.92. The summed E-state index contributed by atoms with van der Waals surface area (Å²) in [5.74, 6) is -0.660. The Labute approximate surface area is 204 Å². The second-order valence-electron chi connectivity index (χ2n) is 7.17. The highest BCUT2D eigenvalue weighted by Gasteiger charge is 2.36. The average molecular weight is 496 g/mol. The highest BCUT2D eigenvalue weighted by atomic mass is 35.5. The van der Waals surface area contributed by atoms with Crippen molar-refractivity contribution in [2.75, 3.05) is 13.2 Å². The molecule has 2 heterocycles. The molecule has 0 N–H and O–H groups in total. The first kappa shape index (κ1) is 23.5. The largest absolute Gasteiger partial charge is 0.462 e. The fourth-order valence-corrected chi connectivity index (χ4v) is 4.27. The van der Waals surface area contributed by atoms with Gasteiger partial charge >= 0.3 is 5.97 Å². The Morgan fingerprint density at radius 2 is 1.85 bits per heavy atom. The van der Waals surface area contributed by atoms with Gasteiger partial charge in [0.15, 0.2) is 5.78 Å². The smallest absolute Gasteiger partial charge is 0.339 e. The third kappa shape index (κ3) is 4.98. The molecule has 0 aliphatic carbocycles. The molecular weight excluding hydrogens is 478 g/mol. The topological polar surface area (TPSA) is 93.9 Å². The summed E-state index contributed by atoms with van der Waals surface area (Å²) in [5.41, 5.74) is 1.23. The highest BCUT2D eigenvalue weighted by Crippen LogP contribution is 2.34. The first-order valence-electron chi connectivity index (χ1n) is 10.3. The zero-order valence-corrected chi connectivity index (χ0v) is 19.5. The summed E-state index contributed by atoms with van der Waals surface area (Å²) in [6.07, 6.45) is 1.45. The molecule has 0 unspecified atom stereocenters. The molecule has 0 radical (unpaired) electrons. The lowest BCUT2D eigenvalue weighted by molar-refractivity contribution is -0.122. The standard InChI is InChI=1S/C25H18ClNO6S/c1-2-32-24(30)18-12-16(8-10-19(18)26)21-11-9-17(33-21)13-22-23(29)27(25(31)34-22)14-20(28)15-6-4-3-5-7-15/h3-13H,2,14H2,1H3/b22-13+. The van der Waals surface area contributed by atoms with E-state index in [-0.39, 0.29) is 34.4 Å². The Morgan fingerprint density at radius 1 is 1.09 bits per heavy atom. The van der Waals surface area contributed by atoms with Gasteiger partial charge < -0.3 is 9.15 Å². The van der Waals surface area contributed by atoms with Gasteiger partial charge in [0.05, 0.1) is 28.6 Å². The second kappa shape index (κ2) is 10.1. The molecular formula is C25H18ClNO6S. The van der Waals surface area contributed by atoms with Gasteiger partial charge in [0.2, 0.25) is 0 Å². The lowest BCUT2D eigenvalue weighted by Crippen LogP contribution is -2.33. The SMILES string of the molecule is CCOC(=O)c1cc(-c2ccc(/C=C3/SC(=O)N(CC(=O)c4ccccc4)C3=O)o2)ccc1Cl. The number of hydrogen-bond donors (Lipinski definition) is 0. The number of esters is 1. The summed E-state index contributed by atoms with van der Waals surface area (Å²) in [6.45, 7) is 1.58. The Morgan fingerprint density at radius 3 is 2.59 bits per heavy atom. The molecule has 1 aromatic heterocycles. The maximum atomic E-state index is 12.7. The van der Waals surface area contributed by atoms with Crippen LogP contribution in [-0.2, 0) is 9.53 Å². The minimum Gasteiger partial charge on any atom is -0.462 e. The molecule has 2 aromatic carbocycles. The Kier molecular flexibility index (Phi) is 7.00. The number of thioether (sulfide) groups is 1. The average Bonchev–Trinajstić information content (AvgIpc) is 3.40. The van der Waals surface area contributed by atoms with E-state index >= 15 is 0 Å². The van der Waals surface area contributed by atoms with Gasteiger partial charge in [-0.15, -0.1) is 0 Å². The first-order chi connectivity index (χ1) is 16.4. The van der Waals surface area contributed by atoms with Crippen LogP contribution in [0.25, 0.3) is 17.4 Å². The van der Waals surface area contributed by atoms with Crippen molar-refractivity contribution in [3.05, 3.63) is 87.5 Å². The Balaban J connectivity index is 1.52. The quantitative estimate of drug-likeness (QED) is 0.236. The minimum atomic E-state index is -0.562. The molecule has 0 bridgehead atoms. The molecule has 7 nitrogen and oxygen atoms in total. The molecule has 172 valence electrons. The van der Waals surface area contributed by atoms with E-state index < -0.39 is 17.1 Å². The van der Waals surface area contributed by atoms with Gasteiger partial charge in [-0.05, 0) is 49.0 Å². The van der Waals surface area contributed by atoms with Crippen molar-refractivity contribution in [1.29, 1.82) is 0 Å². The number of hydrogen-bond acceptors (Lipinski definition) is 7. The fourth-order valence-electron chi connectivity index (χ4n) is 3.25. The molecule has 0 atom stereocenters. The summed E-state index contributed by atoms with van der Waals surface area (Å²) in [6, 6.07) is 16.6. The number of furan rings is 1. The summed E-state index contributed by atoms with van der Waals surface area (Å²) >= 11 is 6.85. The lowest BCUT2D eigenvalue weighted by Gasteiger charge is -2.11. The fraction of sp³-hybridized carbons (Fsp3) is 0.120. The van der Waals surface area contributed by atoms with Crippen LogP contribution in [0.2, 0.25) is 5.02 Å². The monoisotopic (exact) mass is 495 g/mol. The van der Waals surface area contributed by atoms with Gasteiger partial charge in [-0.1, -0.05) is 41.9 Å². The van der Waals surface area contributed by atoms with Crippen LogP contribution < -0.4 is 0 Å². The normalized spacial score (nSPS) is 14.6. The zero-order chi connectivity index (χ0) is 24.2. The number of rotatable bonds is 7. The highest BCUT2D eigenvalue weighted by molar-refractivity contribution is 8.18. The van der Waals surface area contributed by atoms with Gasteiger partial charge in [0.1, 0.15) is 11.5 Å². The number of halogens is 1. The number of ketones is 1. The van der Waals surface area contributed by atoms with E-state index in [4.69, 9.17) is 20.8 Å². The van der Waals surface area contributed by atoms with Gasteiger partial charge in [-0.3, -0.25) is 19.3 Å². The summed E-state index contributed by atoms with van der Waals surface area (Å²) in [5, 5.41) is -0.267. The Bertz CT molecular complexity index is 1310. The number of carbonyl (C=O) groups excluding carboxylic acids is 4. The van der Waals surface area contributed by atoms with Crippen LogP contribution in [-0.4, -0.2) is 41.0 Å². The van der Waals surface area contributed by atoms with Crippen molar-refractivity contribution in [2.24, 2.45) is 0 Å². The predicted octanol–water partition coefficient (Wildman–Crippen LogP) is 5.70. The predicted molar refractivity (Wildman–Crippen MR) is 129 cm³/mol. The van der Waals surface area contributed by atoms with Gasteiger partial charge in [0, 0.05) is 17.2 Å². The molecule has 2 amide bonds. The van der Waals surface area contributed by atoms with Crippen LogP contribution in [0.1, 0.15) is 33.4 Å². The molecule has 1 fully saturated rings. The molecule has 9 heteroatoms. The van der Waals surface area contributed by atoms with Gasteiger partial charge in [-0.2, -0.15) is 0 Å². The number of nitrogens with zero attached hydrogens (tertiary/aromatic N) is 1. The van der Waals surface area contributed by atoms with Crippen LogP contribution in [0.4, 0.5) is 4.79 Å². The molecule has 1 aliphatic rings. The number of carbonyl (C=O) groups is 4. The molecule has 3 aromatic rings. The van der Waals surface area contributed by atoms with Crippen molar-refractivity contribution >= 4 is 52.3 Å². The van der Waals surface area contributed by atoms with Gasteiger partial charge in [-0.25, -0.2) is 4.79 Å². The maximum absolute atomic E-state index is 12.7. The van der Waals surface area contributed by atoms with Crippen molar-refractivity contribution in [3.63, 3.8) is 0 Å². The summed E-state index contributed by atoms with van der Waals surface area (Å²) in [7, 11) is 0. The van der Waals surface area contributed by atoms with Crippen LogP contribution in [0.3, 0.4) is 0 Å². The van der Waals surface area contributed by atoms with Crippen molar-refractivity contribution < 1.29 is 28.3 Å². The molecule has 1 aliphatic heterocycles. The minimum absolute atomic E-state index is 0.148. The van der Waals surface area contributed by atoms with E-state index in [2.05, 4.69) is 0 Å². The van der Waals surface area contributed by atoms with E-state index in [0.29, 0.717) is 22.6 Å². The van der Waals surface area contributed by atoms with Crippen LogP contribution in [0.15, 0.2) is 70.0 Å². The third-order valence-corrected chi connectivity index (χ3v) is 6.15. The number of benzene rings is 2. The molecule has 0 spiro atoms. The van der Waals surface area contributed by atoms with Crippen molar-refractivity contribution in [2.45, 2.75) is 6.92 Å². The molecule has 1 saturated heterocycles. The van der Waals surface area contributed by atoms with Crippen LogP contribution >= 0.6 is 23.4 Å². The van der Waals surface area contributed by atoms with E-state index in [1.165, 1.54) is 6.08 Å².